The lowest BCUT2D eigenvalue weighted by Gasteiger charge is -2.04. The number of carboxylic acid groups (broad SMARTS) is 1. The first-order valence-electron chi connectivity index (χ1n) is 6.33. The van der Waals surface area contributed by atoms with Crippen molar-refractivity contribution < 1.29 is 9.90 Å². The van der Waals surface area contributed by atoms with Crippen molar-refractivity contribution >= 4 is 17.6 Å². The molecule has 0 spiro atoms. The van der Waals surface area contributed by atoms with Crippen molar-refractivity contribution in [2.45, 2.75) is 39.8 Å². The Labute approximate surface area is 121 Å². The minimum absolute atomic E-state index is 0.0471. The summed E-state index contributed by atoms with van der Waals surface area (Å²) in [7, 11) is 0. The van der Waals surface area contributed by atoms with E-state index in [1.807, 2.05) is 18.5 Å². The van der Waals surface area contributed by atoms with Crippen LogP contribution in [0.5, 0.6) is 0 Å². The number of aryl methyl sites for hydroxylation is 3. The first-order chi connectivity index (χ1) is 9.51. The van der Waals surface area contributed by atoms with E-state index in [-0.39, 0.29) is 6.42 Å². The summed E-state index contributed by atoms with van der Waals surface area (Å²) in [6.07, 6.45) is 2.15. The van der Waals surface area contributed by atoms with Crippen LogP contribution in [0.2, 0.25) is 5.02 Å². The molecule has 0 bridgehead atoms. The maximum Gasteiger partial charge on any atom is 0.303 e. The fourth-order valence-electron chi connectivity index (χ4n) is 1.94. The monoisotopic (exact) mass is 297 g/mol. The second kappa shape index (κ2) is 6.04. The lowest BCUT2D eigenvalue weighted by Crippen LogP contribution is -2.08. The van der Waals surface area contributed by atoms with Gasteiger partial charge in [-0.15, -0.1) is 5.10 Å². The van der Waals surface area contributed by atoms with Crippen LogP contribution in [0.4, 0.5) is 0 Å². The van der Waals surface area contributed by atoms with Crippen LogP contribution in [0.3, 0.4) is 0 Å². The standard InChI is InChI=1S/C12H16ClN5O2/c1-3-18-10(12(13)8(2)15-18)7-17-6-9(14-16-17)4-5-11(19)20/h6H,3-5,7H2,1-2H3,(H,19,20). The predicted octanol–water partition coefficient (Wildman–Crippen LogP) is 1.52. The molecule has 0 saturated heterocycles. The number of hydrogen-bond acceptors (Lipinski definition) is 4. The largest absolute Gasteiger partial charge is 0.481 e. The highest BCUT2D eigenvalue weighted by molar-refractivity contribution is 6.31. The summed E-state index contributed by atoms with van der Waals surface area (Å²) in [4.78, 5) is 10.5. The predicted molar refractivity (Wildman–Crippen MR) is 72.7 cm³/mol. The van der Waals surface area contributed by atoms with Gasteiger partial charge in [0.05, 0.1) is 35.1 Å². The highest BCUT2D eigenvalue weighted by Crippen LogP contribution is 2.21. The number of carbonyl (C=O) groups is 1. The van der Waals surface area contributed by atoms with Crippen LogP contribution in [0.15, 0.2) is 6.20 Å². The van der Waals surface area contributed by atoms with Gasteiger partial charge in [-0.25, -0.2) is 4.68 Å². The second-order valence-corrected chi connectivity index (χ2v) is 4.84. The summed E-state index contributed by atoms with van der Waals surface area (Å²) < 4.78 is 3.47. The fraction of sp³-hybridized carbons (Fsp3) is 0.500. The van der Waals surface area contributed by atoms with Gasteiger partial charge in [0.2, 0.25) is 0 Å². The van der Waals surface area contributed by atoms with E-state index in [1.165, 1.54) is 0 Å². The Morgan fingerprint density at radius 3 is 2.90 bits per heavy atom. The van der Waals surface area contributed by atoms with Crippen molar-refractivity contribution in [1.82, 2.24) is 24.8 Å². The van der Waals surface area contributed by atoms with E-state index in [2.05, 4.69) is 15.4 Å². The summed E-state index contributed by atoms with van der Waals surface area (Å²) in [5, 5.41) is 21.6. The highest BCUT2D eigenvalue weighted by atomic mass is 35.5. The Hall–Kier alpha value is -1.89. The molecule has 0 aromatic carbocycles. The van der Waals surface area contributed by atoms with Crippen LogP contribution in [0.1, 0.15) is 30.4 Å². The zero-order chi connectivity index (χ0) is 14.7. The van der Waals surface area contributed by atoms with Gasteiger partial charge in [-0.3, -0.25) is 9.48 Å². The smallest absolute Gasteiger partial charge is 0.303 e. The lowest BCUT2D eigenvalue weighted by atomic mass is 10.2. The molecule has 0 atom stereocenters. The van der Waals surface area contributed by atoms with E-state index in [9.17, 15) is 4.79 Å². The topological polar surface area (TPSA) is 85.8 Å². The second-order valence-electron chi connectivity index (χ2n) is 4.46. The maximum absolute atomic E-state index is 10.5. The third-order valence-corrected chi connectivity index (χ3v) is 3.44. The molecule has 0 aliphatic heterocycles. The number of aliphatic carboxylic acids is 1. The van der Waals surface area contributed by atoms with E-state index in [4.69, 9.17) is 16.7 Å². The van der Waals surface area contributed by atoms with Crippen molar-refractivity contribution in [1.29, 1.82) is 0 Å². The SMILES string of the molecule is CCn1nc(C)c(Cl)c1Cn1cc(CCC(=O)O)nn1. The molecule has 0 aliphatic carbocycles. The molecule has 0 amide bonds. The van der Waals surface area contributed by atoms with Crippen molar-refractivity contribution in [3.05, 3.63) is 28.3 Å². The van der Waals surface area contributed by atoms with E-state index in [1.54, 1.807) is 10.9 Å². The number of aromatic nitrogens is 5. The number of carboxylic acids is 1. The number of nitrogens with zero attached hydrogens (tertiary/aromatic N) is 5. The van der Waals surface area contributed by atoms with E-state index in [0.717, 1.165) is 17.9 Å². The van der Waals surface area contributed by atoms with Gasteiger partial charge < -0.3 is 5.11 Å². The van der Waals surface area contributed by atoms with Crippen molar-refractivity contribution in [2.24, 2.45) is 0 Å². The first-order valence-corrected chi connectivity index (χ1v) is 6.71. The van der Waals surface area contributed by atoms with Gasteiger partial charge in [0.1, 0.15) is 0 Å². The van der Waals surface area contributed by atoms with Crippen LogP contribution in [-0.4, -0.2) is 35.9 Å². The summed E-state index contributed by atoms with van der Waals surface area (Å²) in [5.41, 5.74) is 2.32. The molecule has 0 radical (unpaired) electrons. The molecule has 0 unspecified atom stereocenters. The summed E-state index contributed by atoms with van der Waals surface area (Å²) in [6.45, 7) is 5.04. The van der Waals surface area contributed by atoms with Crippen LogP contribution >= 0.6 is 11.6 Å². The Morgan fingerprint density at radius 1 is 1.50 bits per heavy atom. The van der Waals surface area contributed by atoms with Crippen molar-refractivity contribution in [3.8, 4) is 0 Å². The van der Waals surface area contributed by atoms with Gasteiger partial charge >= 0.3 is 5.97 Å². The van der Waals surface area contributed by atoms with Gasteiger partial charge in [0, 0.05) is 19.2 Å². The fourth-order valence-corrected chi connectivity index (χ4v) is 2.13. The zero-order valence-electron chi connectivity index (χ0n) is 11.4. The average Bonchev–Trinajstić information content (AvgIpc) is 2.96. The first kappa shape index (κ1) is 14.5. The molecular weight excluding hydrogens is 282 g/mol. The van der Waals surface area contributed by atoms with E-state index in [0.29, 0.717) is 23.7 Å². The molecule has 2 aromatic rings. The Balaban J connectivity index is 2.12. The van der Waals surface area contributed by atoms with E-state index < -0.39 is 5.97 Å². The molecule has 2 aromatic heterocycles. The molecule has 8 heteroatoms. The molecule has 0 fully saturated rings. The van der Waals surface area contributed by atoms with Crippen LogP contribution in [-0.2, 0) is 24.3 Å². The highest BCUT2D eigenvalue weighted by Gasteiger charge is 2.14. The number of hydrogen-bond donors (Lipinski definition) is 1. The van der Waals surface area contributed by atoms with Gasteiger partial charge in [0.25, 0.3) is 0 Å². The van der Waals surface area contributed by atoms with Gasteiger partial charge in [0.15, 0.2) is 0 Å². The summed E-state index contributed by atoms with van der Waals surface area (Å²) in [5.74, 6) is -0.845. The van der Waals surface area contributed by atoms with Gasteiger partial charge in [-0.1, -0.05) is 16.8 Å². The average molecular weight is 298 g/mol. The quantitative estimate of drug-likeness (QED) is 0.873. The van der Waals surface area contributed by atoms with E-state index >= 15 is 0 Å². The Kier molecular flexibility index (Phi) is 4.39. The molecule has 0 aliphatic rings. The number of rotatable bonds is 6. The minimum atomic E-state index is -0.845. The molecule has 0 saturated carbocycles. The maximum atomic E-state index is 10.5. The van der Waals surface area contributed by atoms with Gasteiger partial charge in [-0.2, -0.15) is 5.10 Å². The molecule has 1 N–H and O–H groups in total. The Bertz CT molecular complexity index is 619. The van der Waals surface area contributed by atoms with Crippen molar-refractivity contribution in [2.75, 3.05) is 0 Å². The van der Waals surface area contributed by atoms with Gasteiger partial charge in [-0.05, 0) is 13.8 Å². The molecule has 2 rings (SSSR count). The Morgan fingerprint density at radius 2 is 2.25 bits per heavy atom. The normalized spacial score (nSPS) is 10.9. The zero-order valence-corrected chi connectivity index (χ0v) is 12.1. The third-order valence-electron chi connectivity index (χ3n) is 2.95. The number of halogens is 1. The lowest BCUT2D eigenvalue weighted by molar-refractivity contribution is -0.136. The summed E-state index contributed by atoms with van der Waals surface area (Å²) >= 11 is 6.23. The molecule has 20 heavy (non-hydrogen) atoms. The van der Waals surface area contributed by atoms with Crippen LogP contribution < -0.4 is 0 Å². The molecule has 2 heterocycles. The molecule has 108 valence electrons. The molecule has 7 nitrogen and oxygen atoms in total. The van der Waals surface area contributed by atoms with Crippen LogP contribution in [0.25, 0.3) is 0 Å². The van der Waals surface area contributed by atoms with Crippen molar-refractivity contribution in [3.63, 3.8) is 0 Å². The van der Waals surface area contributed by atoms with Crippen LogP contribution in [0, 0.1) is 6.92 Å². The molecular formula is C12H16ClN5O2. The third kappa shape index (κ3) is 3.16. The summed E-state index contributed by atoms with van der Waals surface area (Å²) in [6, 6.07) is 0. The minimum Gasteiger partial charge on any atom is -0.481 e.